The van der Waals surface area contributed by atoms with Crippen molar-refractivity contribution in [1.82, 2.24) is 20.1 Å². The highest BCUT2D eigenvalue weighted by molar-refractivity contribution is 5.82. The summed E-state index contributed by atoms with van der Waals surface area (Å²) in [4.78, 5) is 20.8. The van der Waals surface area contributed by atoms with Gasteiger partial charge in [-0.3, -0.25) is 4.98 Å². The van der Waals surface area contributed by atoms with Crippen molar-refractivity contribution in [2.75, 3.05) is 33.7 Å². The molecule has 0 saturated carbocycles. The predicted molar refractivity (Wildman–Crippen MR) is 92.2 cm³/mol. The van der Waals surface area contributed by atoms with Crippen molar-refractivity contribution in [3.63, 3.8) is 0 Å². The van der Waals surface area contributed by atoms with E-state index in [1.807, 2.05) is 35.2 Å². The van der Waals surface area contributed by atoms with Crippen molar-refractivity contribution in [3.05, 3.63) is 42.1 Å². The number of rotatable bonds is 4. The summed E-state index contributed by atoms with van der Waals surface area (Å²) in [6.07, 6.45) is 2.89. The molecule has 0 aliphatic carbocycles. The minimum atomic E-state index is 0.0344. The number of nitrogens with zero attached hydrogens (tertiary/aromatic N) is 3. The molecule has 2 heterocycles. The van der Waals surface area contributed by atoms with E-state index in [0.29, 0.717) is 12.5 Å². The lowest BCUT2D eigenvalue weighted by atomic mass is 10.1. The highest BCUT2D eigenvalue weighted by Gasteiger charge is 2.26. The summed E-state index contributed by atoms with van der Waals surface area (Å²) in [5.74, 6) is 0.581. The number of benzene rings is 1. The highest BCUT2D eigenvalue weighted by Crippen LogP contribution is 2.18. The first-order valence-electron chi connectivity index (χ1n) is 8.13. The number of hydrogen-bond donors (Lipinski definition) is 1. The van der Waals surface area contributed by atoms with Crippen LogP contribution in [0.1, 0.15) is 12.0 Å². The Morgan fingerprint density at radius 1 is 1.35 bits per heavy atom. The Kier molecular flexibility index (Phi) is 4.76. The summed E-state index contributed by atoms with van der Waals surface area (Å²) in [5, 5.41) is 4.15. The van der Waals surface area contributed by atoms with Gasteiger partial charge in [0, 0.05) is 37.8 Å². The van der Waals surface area contributed by atoms with E-state index in [-0.39, 0.29) is 6.03 Å². The van der Waals surface area contributed by atoms with Crippen LogP contribution in [0.15, 0.2) is 36.5 Å². The van der Waals surface area contributed by atoms with Crippen LogP contribution < -0.4 is 5.32 Å². The molecule has 1 aromatic carbocycles. The molecule has 5 heteroatoms. The van der Waals surface area contributed by atoms with Gasteiger partial charge in [-0.2, -0.15) is 0 Å². The number of amides is 2. The van der Waals surface area contributed by atoms with E-state index in [1.54, 1.807) is 6.20 Å². The van der Waals surface area contributed by atoms with Crippen LogP contribution in [0.25, 0.3) is 10.9 Å². The molecule has 1 aliphatic rings. The maximum Gasteiger partial charge on any atom is 0.317 e. The van der Waals surface area contributed by atoms with Crippen molar-refractivity contribution in [2.24, 2.45) is 5.92 Å². The predicted octanol–water partition coefficient (Wildman–Crippen LogP) is 2.33. The molecule has 3 rings (SSSR count). The molecule has 23 heavy (non-hydrogen) atoms. The number of nitrogens with one attached hydrogen (secondary N) is 1. The Bertz CT molecular complexity index is 680. The molecule has 1 N–H and O–H groups in total. The molecule has 2 amide bonds. The number of carbonyl (C=O) groups excluding carboxylic acids is 1. The van der Waals surface area contributed by atoms with Crippen molar-refractivity contribution >= 4 is 16.9 Å². The van der Waals surface area contributed by atoms with Crippen LogP contribution in [0.5, 0.6) is 0 Å². The Morgan fingerprint density at radius 2 is 2.17 bits per heavy atom. The Labute approximate surface area is 137 Å². The second-order valence-electron chi connectivity index (χ2n) is 6.51. The summed E-state index contributed by atoms with van der Waals surface area (Å²) >= 11 is 0. The normalized spacial score (nSPS) is 17.9. The zero-order chi connectivity index (χ0) is 16.2. The van der Waals surface area contributed by atoms with Crippen LogP contribution >= 0.6 is 0 Å². The second-order valence-corrected chi connectivity index (χ2v) is 6.51. The van der Waals surface area contributed by atoms with E-state index in [9.17, 15) is 4.79 Å². The van der Waals surface area contributed by atoms with E-state index in [0.717, 1.165) is 42.5 Å². The van der Waals surface area contributed by atoms with Gasteiger partial charge in [-0.05, 0) is 44.1 Å². The highest BCUT2D eigenvalue weighted by atomic mass is 16.2. The molecular weight excluding hydrogens is 288 g/mol. The van der Waals surface area contributed by atoms with Crippen molar-refractivity contribution in [3.8, 4) is 0 Å². The molecule has 1 unspecified atom stereocenters. The smallest absolute Gasteiger partial charge is 0.317 e. The average Bonchev–Trinajstić information content (AvgIpc) is 3.00. The third kappa shape index (κ3) is 3.79. The van der Waals surface area contributed by atoms with Gasteiger partial charge in [0.2, 0.25) is 0 Å². The lowest BCUT2D eigenvalue weighted by Crippen LogP contribution is -2.38. The van der Waals surface area contributed by atoms with Gasteiger partial charge in [0.15, 0.2) is 0 Å². The van der Waals surface area contributed by atoms with Gasteiger partial charge >= 0.3 is 6.03 Å². The lowest BCUT2D eigenvalue weighted by Gasteiger charge is -2.19. The SMILES string of the molecule is CN(C)CC1CCN(C(=O)NCc2ccnc3ccccc23)C1. The van der Waals surface area contributed by atoms with Crippen LogP contribution in [-0.2, 0) is 6.54 Å². The Hall–Kier alpha value is -2.14. The fourth-order valence-corrected chi connectivity index (χ4v) is 3.27. The summed E-state index contributed by atoms with van der Waals surface area (Å²) in [5.41, 5.74) is 2.07. The summed E-state index contributed by atoms with van der Waals surface area (Å²) in [6.45, 7) is 3.28. The number of para-hydroxylation sites is 1. The lowest BCUT2D eigenvalue weighted by molar-refractivity contribution is 0.205. The number of urea groups is 1. The van der Waals surface area contributed by atoms with Gasteiger partial charge in [0.1, 0.15) is 0 Å². The molecule has 2 aromatic rings. The first kappa shape index (κ1) is 15.7. The molecule has 1 atom stereocenters. The van der Waals surface area contributed by atoms with E-state index in [4.69, 9.17) is 0 Å². The molecular formula is C18H24N4O. The summed E-state index contributed by atoms with van der Waals surface area (Å²) in [6, 6.07) is 10.0. The molecule has 0 bridgehead atoms. The van der Waals surface area contributed by atoms with Gasteiger partial charge in [-0.25, -0.2) is 4.79 Å². The molecule has 1 aromatic heterocycles. The second kappa shape index (κ2) is 6.96. The number of fused-ring (bicyclic) bond motifs is 1. The number of likely N-dealkylation sites (tertiary alicyclic amines) is 1. The van der Waals surface area contributed by atoms with Gasteiger partial charge in [0.25, 0.3) is 0 Å². The Morgan fingerprint density at radius 3 is 3.00 bits per heavy atom. The summed E-state index contributed by atoms with van der Waals surface area (Å²) < 4.78 is 0. The van der Waals surface area contributed by atoms with Crippen LogP contribution in [0.4, 0.5) is 4.79 Å². The quantitative estimate of drug-likeness (QED) is 0.942. The zero-order valence-electron chi connectivity index (χ0n) is 13.8. The van der Waals surface area contributed by atoms with Gasteiger partial charge < -0.3 is 15.1 Å². The number of aromatic nitrogens is 1. The summed E-state index contributed by atoms with van der Waals surface area (Å²) in [7, 11) is 4.16. The van der Waals surface area contributed by atoms with E-state index >= 15 is 0 Å². The molecule has 0 radical (unpaired) electrons. The van der Waals surface area contributed by atoms with E-state index in [2.05, 4.69) is 29.3 Å². The standard InChI is InChI=1S/C18H24N4O/c1-21(2)12-14-8-10-22(13-14)18(23)20-11-15-7-9-19-17-6-4-3-5-16(15)17/h3-7,9,14H,8,10-13H2,1-2H3,(H,20,23). The average molecular weight is 312 g/mol. The number of carbonyl (C=O) groups is 1. The fraction of sp³-hybridized carbons (Fsp3) is 0.444. The zero-order valence-corrected chi connectivity index (χ0v) is 13.8. The van der Waals surface area contributed by atoms with Gasteiger partial charge in [0.05, 0.1) is 5.52 Å². The fourth-order valence-electron chi connectivity index (χ4n) is 3.27. The minimum absolute atomic E-state index is 0.0344. The molecule has 1 saturated heterocycles. The molecule has 0 spiro atoms. The maximum atomic E-state index is 12.4. The third-order valence-corrected chi connectivity index (χ3v) is 4.37. The monoisotopic (exact) mass is 312 g/mol. The molecule has 1 fully saturated rings. The van der Waals surface area contributed by atoms with Crippen LogP contribution in [-0.4, -0.2) is 54.5 Å². The van der Waals surface area contributed by atoms with Crippen LogP contribution in [0.2, 0.25) is 0 Å². The largest absolute Gasteiger partial charge is 0.334 e. The topological polar surface area (TPSA) is 48.5 Å². The number of hydrogen-bond acceptors (Lipinski definition) is 3. The van der Waals surface area contributed by atoms with Gasteiger partial charge in [-0.15, -0.1) is 0 Å². The van der Waals surface area contributed by atoms with Crippen LogP contribution in [0.3, 0.4) is 0 Å². The van der Waals surface area contributed by atoms with Crippen LogP contribution in [0, 0.1) is 5.92 Å². The van der Waals surface area contributed by atoms with E-state index in [1.165, 1.54) is 0 Å². The number of pyridine rings is 1. The van der Waals surface area contributed by atoms with Crippen molar-refractivity contribution in [1.29, 1.82) is 0 Å². The first-order valence-corrected chi connectivity index (χ1v) is 8.13. The third-order valence-electron chi connectivity index (χ3n) is 4.37. The van der Waals surface area contributed by atoms with Gasteiger partial charge in [-0.1, -0.05) is 18.2 Å². The molecule has 1 aliphatic heterocycles. The first-order chi connectivity index (χ1) is 11.1. The maximum absolute atomic E-state index is 12.4. The molecule has 5 nitrogen and oxygen atoms in total. The van der Waals surface area contributed by atoms with Crippen molar-refractivity contribution in [2.45, 2.75) is 13.0 Å². The van der Waals surface area contributed by atoms with E-state index < -0.39 is 0 Å². The Balaban J connectivity index is 1.59. The molecule has 122 valence electrons. The van der Waals surface area contributed by atoms with Crippen molar-refractivity contribution < 1.29 is 4.79 Å². The minimum Gasteiger partial charge on any atom is -0.334 e.